The van der Waals surface area contributed by atoms with Gasteiger partial charge in [0.25, 0.3) is 0 Å². The Kier molecular flexibility index (Phi) is 6.93. The first-order chi connectivity index (χ1) is 12.8. The summed E-state index contributed by atoms with van der Waals surface area (Å²) in [5.41, 5.74) is 8.17. The molecular formula is C21H19N3S2. The van der Waals surface area contributed by atoms with Gasteiger partial charge >= 0.3 is 0 Å². The molecule has 0 aromatic heterocycles. The first-order valence-electron chi connectivity index (χ1n) is 8.16. The molecule has 0 aliphatic rings. The van der Waals surface area contributed by atoms with E-state index in [1.54, 1.807) is 18.0 Å². The lowest BCUT2D eigenvalue weighted by molar-refractivity contribution is 1.24. The number of nitrogens with two attached hydrogens (primary N) is 1. The summed E-state index contributed by atoms with van der Waals surface area (Å²) in [6.07, 6.45) is 1.75. The molecule has 0 aliphatic carbocycles. The Labute approximate surface area is 162 Å². The minimum atomic E-state index is 0.457. The second kappa shape index (κ2) is 9.85. The van der Waals surface area contributed by atoms with Crippen LogP contribution in [-0.2, 0) is 5.75 Å². The van der Waals surface area contributed by atoms with Crippen molar-refractivity contribution >= 4 is 34.9 Å². The first-order valence-corrected chi connectivity index (χ1v) is 9.96. The molecule has 3 aromatic rings. The summed E-state index contributed by atoms with van der Waals surface area (Å²) in [5, 5.41) is 8.72. The minimum absolute atomic E-state index is 0.457. The molecule has 0 heterocycles. The van der Waals surface area contributed by atoms with E-state index in [0.29, 0.717) is 5.17 Å². The summed E-state index contributed by atoms with van der Waals surface area (Å²) in [7, 11) is 0. The van der Waals surface area contributed by atoms with Crippen LogP contribution in [0.3, 0.4) is 0 Å². The first kappa shape index (κ1) is 18.3. The van der Waals surface area contributed by atoms with Gasteiger partial charge in [-0.15, -0.1) is 5.10 Å². The van der Waals surface area contributed by atoms with Crippen LogP contribution in [0.4, 0.5) is 0 Å². The van der Waals surface area contributed by atoms with Crippen LogP contribution in [0, 0.1) is 0 Å². The quantitative estimate of drug-likeness (QED) is 0.354. The molecule has 0 fully saturated rings. The lowest BCUT2D eigenvalue weighted by Gasteiger charge is -2.04. The average Bonchev–Trinajstić information content (AvgIpc) is 2.69. The molecule has 0 saturated carbocycles. The van der Waals surface area contributed by atoms with E-state index < -0.39 is 0 Å². The van der Waals surface area contributed by atoms with E-state index >= 15 is 0 Å². The third-order valence-corrected chi connectivity index (χ3v) is 5.43. The number of benzene rings is 3. The van der Waals surface area contributed by atoms with E-state index in [9.17, 15) is 0 Å². The predicted molar refractivity (Wildman–Crippen MR) is 114 cm³/mol. The molecule has 3 aromatic carbocycles. The maximum absolute atomic E-state index is 5.94. The Balaban J connectivity index is 1.62. The second-order valence-electron chi connectivity index (χ2n) is 5.41. The maximum atomic E-state index is 5.94. The molecule has 0 amide bonds. The Morgan fingerprint density at radius 2 is 1.50 bits per heavy atom. The standard InChI is InChI=1S/C21H19N3S2/c22-21(25-16-17-9-3-1-4-10-17)24-23-15-18-11-7-8-14-20(18)26-19-12-5-2-6-13-19/h1-15H,16H2,(H2,22,24). The van der Waals surface area contributed by atoms with Crippen molar-refractivity contribution in [2.45, 2.75) is 15.5 Å². The Morgan fingerprint density at radius 1 is 0.846 bits per heavy atom. The van der Waals surface area contributed by atoms with Crippen molar-refractivity contribution in [2.24, 2.45) is 15.9 Å². The molecular weight excluding hydrogens is 358 g/mol. The summed E-state index contributed by atoms with van der Waals surface area (Å²) in [6.45, 7) is 0. The number of nitrogens with zero attached hydrogens (tertiary/aromatic N) is 2. The molecule has 3 rings (SSSR count). The summed E-state index contributed by atoms with van der Waals surface area (Å²) in [6, 6.07) is 28.6. The monoisotopic (exact) mass is 377 g/mol. The van der Waals surface area contributed by atoms with Gasteiger partial charge in [0.05, 0.1) is 6.21 Å². The second-order valence-corrected chi connectivity index (χ2v) is 7.52. The number of rotatable bonds is 6. The van der Waals surface area contributed by atoms with Gasteiger partial charge in [-0.25, -0.2) is 0 Å². The zero-order chi connectivity index (χ0) is 18.0. The van der Waals surface area contributed by atoms with Crippen molar-refractivity contribution in [3.05, 3.63) is 96.1 Å². The Bertz CT molecular complexity index is 878. The van der Waals surface area contributed by atoms with Crippen molar-refractivity contribution in [1.82, 2.24) is 0 Å². The summed E-state index contributed by atoms with van der Waals surface area (Å²) in [5.74, 6) is 0.784. The summed E-state index contributed by atoms with van der Waals surface area (Å²) < 4.78 is 0. The lowest BCUT2D eigenvalue weighted by atomic mass is 10.2. The molecule has 0 atom stereocenters. The fraction of sp³-hybridized carbons (Fsp3) is 0.0476. The summed E-state index contributed by atoms with van der Waals surface area (Å²) >= 11 is 3.18. The highest BCUT2D eigenvalue weighted by Gasteiger charge is 2.02. The molecule has 130 valence electrons. The molecule has 0 radical (unpaired) electrons. The number of amidine groups is 1. The van der Waals surface area contributed by atoms with E-state index in [2.05, 4.69) is 40.5 Å². The molecule has 2 N–H and O–H groups in total. The third kappa shape index (κ3) is 5.79. The van der Waals surface area contributed by atoms with Gasteiger partial charge in [-0.1, -0.05) is 90.3 Å². The molecule has 0 aliphatic heterocycles. The van der Waals surface area contributed by atoms with Gasteiger partial charge in [-0.3, -0.25) is 0 Å². The fourth-order valence-electron chi connectivity index (χ4n) is 2.20. The van der Waals surface area contributed by atoms with Crippen molar-refractivity contribution in [3.8, 4) is 0 Å². The Morgan fingerprint density at radius 3 is 2.27 bits per heavy atom. The topological polar surface area (TPSA) is 50.7 Å². The predicted octanol–water partition coefficient (Wildman–Crippen LogP) is 5.42. The van der Waals surface area contributed by atoms with Crippen LogP contribution in [-0.4, -0.2) is 11.4 Å². The number of hydrogen-bond acceptors (Lipinski definition) is 4. The van der Waals surface area contributed by atoms with Gasteiger partial charge in [0.15, 0.2) is 5.17 Å². The van der Waals surface area contributed by atoms with Crippen molar-refractivity contribution in [1.29, 1.82) is 0 Å². The minimum Gasteiger partial charge on any atom is -0.377 e. The highest BCUT2D eigenvalue weighted by atomic mass is 32.2. The number of hydrogen-bond donors (Lipinski definition) is 1. The average molecular weight is 378 g/mol. The SMILES string of the molecule is NC(=NN=Cc1ccccc1Sc1ccccc1)SCc1ccccc1. The fourth-order valence-corrected chi connectivity index (χ4v) is 3.75. The van der Waals surface area contributed by atoms with E-state index in [1.165, 1.54) is 22.2 Å². The highest BCUT2D eigenvalue weighted by molar-refractivity contribution is 8.13. The Hall–Kier alpha value is -2.50. The van der Waals surface area contributed by atoms with Gasteiger partial charge in [-0.2, -0.15) is 5.10 Å². The van der Waals surface area contributed by atoms with Crippen LogP contribution in [0.25, 0.3) is 0 Å². The van der Waals surface area contributed by atoms with Gasteiger partial charge in [0.1, 0.15) is 0 Å². The summed E-state index contributed by atoms with van der Waals surface area (Å²) in [4.78, 5) is 2.32. The maximum Gasteiger partial charge on any atom is 0.180 e. The molecule has 0 bridgehead atoms. The van der Waals surface area contributed by atoms with Crippen molar-refractivity contribution in [2.75, 3.05) is 0 Å². The molecule has 0 saturated heterocycles. The van der Waals surface area contributed by atoms with Crippen LogP contribution in [0.2, 0.25) is 0 Å². The van der Waals surface area contributed by atoms with E-state index in [4.69, 9.17) is 5.73 Å². The van der Waals surface area contributed by atoms with E-state index in [0.717, 1.165) is 16.2 Å². The molecule has 5 heteroatoms. The van der Waals surface area contributed by atoms with Crippen LogP contribution < -0.4 is 5.73 Å². The smallest absolute Gasteiger partial charge is 0.180 e. The van der Waals surface area contributed by atoms with E-state index in [1.807, 2.05) is 54.6 Å². The van der Waals surface area contributed by atoms with Crippen LogP contribution in [0.1, 0.15) is 11.1 Å². The number of thioether (sulfide) groups is 1. The van der Waals surface area contributed by atoms with Gasteiger partial charge < -0.3 is 5.73 Å². The van der Waals surface area contributed by atoms with Gasteiger partial charge in [-0.05, 0) is 23.8 Å². The highest BCUT2D eigenvalue weighted by Crippen LogP contribution is 2.29. The van der Waals surface area contributed by atoms with Crippen LogP contribution in [0.5, 0.6) is 0 Å². The zero-order valence-corrected chi connectivity index (χ0v) is 15.8. The third-order valence-electron chi connectivity index (χ3n) is 3.47. The molecule has 26 heavy (non-hydrogen) atoms. The zero-order valence-electron chi connectivity index (χ0n) is 14.2. The largest absolute Gasteiger partial charge is 0.377 e. The lowest BCUT2D eigenvalue weighted by Crippen LogP contribution is -2.06. The van der Waals surface area contributed by atoms with E-state index in [-0.39, 0.29) is 0 Å². The van der Waals surface area contributed by atoms with Crippen LogP contribution in [0.15, 0.2) is 105 Å². The van der Waals surface area contributed by atoms with Gasteiger partial charge in [0, 0.05) is 21.1 Å². The van der Waals surface area contributed by atoms with Crippen molar-refractivity contribution < 1.29 is 0 Å². The molecule has 0 spiro atoms. The van der Waals surface area contributed by atoms with Crippen molar-refractivity contribution in [3.63, 3.8) is 0 Å². The van der Waals surface area contributed by atoms with Gasteiger partial charge in [0.2, 0.25) is 0 Å². The molecule has 0 unspecified atom stereocenters. The normalized spacial score (nSPS) is 11.8. The van der Waals surface area contributed by atoms with Crippen LogP contribution >= 0.6 is 23.5 Å². The molecule has 3 nitrogen and oxygen atoms in total.